The van der Waals surface area contributed by atoms with Crippen LogP contribution in [0.3, 0.4) is 0 Å². The fourth-order valence-corrected chi connectivity index (χ4v) is 3.10. The molecule has 28 heavy (non-hydrogen) atoms. The number of halogens is 1. The van der Waals surface area contributed by atoms with E-state index in [-0.39, 0.29) is 30.1 Å². The zero-order valence-corrected chi connectivity index (χ0v) is 19.8. The minimum atomic E-state index is 0. The number of guanidine groups is 1. The van der Waals surface area contributed by atoms with E-state index >= 15 is 0 Å². The third-order valence-electron chi connectivity index (χ3n) is 4.50. The number of rotatable bonds is 10. The van der Waals surface area contributed by atoms with Crippen LogP contribution in [0.2, 0.25) is 0 Å². The molecule has 0 aromatic heterocycles. The lowest BCUT2D eigenvalue weighted by atomic mass is 10.1. The summed E-state index contributed by atoms with van der Waals surface area (Å²) < 4.78 is 16.9. The van der Waals surface area contributed by atoms with Crippen molar-refractivity contribution in [3.8, 4) is 5.75 Å². The van der Waals surface area contributed by atoms with Gasteiger partial charge >= 0.3 is 0 Å². The molecule has 1 saturated heterocycles. The third-order valence-corrected chi connectivity index (χ3v) is 4.50. The van der Waals surface area contributed by atoms with Gasteiger partial charge in [-0.2, -0.15) is 0 Å². The Labute approximate surface area is 187 Å². The van der Waals surface area contributed by atoms with Crippen molar-refractivity contribution in [2.45, 2.75) is 45.3 Å². The van der Waals surface area contributed by atoms with Crippen molar-refractivity contribution in [3.63, 3.8) is 0 Å². The number of piperidine rings is 1. The Morgan fingerprint density at radius 1 is 1.21 bits per heavy atom. The minimum absolute atomic E-state index is 0. The van der Waals surface area contributed by atoms with E-state index in [1.807, 2.05) is 30.3 Å². The van der Waals surface area contributed by atoms with Crippen molar-refractivity contribution in [2.75, 3.05) is 46.5 Å². The van der Waals surface area contributed by atoms with Crippen molar-refractivity contribution >= 4 is 29.9 Å². The molecule has 0 spiro atoms. The molecule has 1 atom stereocenters. The molecule has 1 fully saturated rings. The fraction of sp³-hybridized carbons (Fsp3) is 0.667. The number of likely N-dealkylation sites (tertiary alicyclic amines) is 1. The minimum Gasteiger partial charge on any atom is -0.489 e. The molecule has 0 radical (unpaired) electrons. The highest BCUT2D eigenvalue weighted by atomic mass is 127. The summed E-state index contributed by atoms with van der Waals surface area (Å²) in [5, 5.41) is 3.41. The predicted molar refractivity (Wildman–Crippen MR) is 125 cm³/mol. The molecule has 0 amide bonds. The second-order valence-corrected chi connectivity index (χ2v) is 6.84. The predicted octanol–water partition coefficient (Wildman–Crippen LogP) is 3.55. The maximum atomic E-state index is 5.95. The van der Waals surface area contributed by atoms with E-state index < -0.39 is 0 Å². The summed E-state index contributed by atoms with van der Waals surface area (Å²) in [7, 11) is 1.73. The second kappa shape index (κ2) is 14.9. The highest BCUT2D eigenvalue weighted by molar-refractivity contribution is 14.0. The van der Waals surface area contributed by atoms with Crippen LogP contribution in [0.25, 0.3) is 0 Å². The number of methoxy groups -OCH3 is 1. The van der Waals surface area contributed by atoms with Crippen LogP contribution in [0.4, 0.5) is 0 Å². The summed E-state index contributed by atoms with van der Waals surface area (Å²) in [6.07, 6.45) is 3.41. The molecule has 1 N–H and O–H groups in total. The van der Waals surface area contributed by atoms with Gasteiger partial charge in [-0.3, -0.25) is 0 Å². The van der Waals surface area contributed by atoms with E-state index in [1.165, 1.54) is 0 Å². The maximum Gasteiger partial charge on any atom is 0.194 e. The van der Waals surface area contributed by atoms with Crippen LogP contribution >= 0.6 is 24.0 Å². The molecule has 0 saturated carbocycles. The Bertz CT molecular complexity index is 537. The Hall–Kier alpha value is -1.06. The SMILES string of the molecule is CCNC(=NCC(C)Oc1ccccc1)N1CCC(OCCCOC)CC1.I. The number of nitrogens with one attached hydrogen (secondary N) is 1. The molecular formula is C21H36IN3O3. The van der Waals surface area contributed by atoms with Gasteiger partial charge < -0.3 is 24.4 Å². The van der Waals surface area contributed by atoms with Crippen LogP contribution in [-0.2, 0) is 9.47 Å². The molecule has 160 valence electrons. The van der Waals surface area contributed by atoms with Crippen molar-refractivity contribution in [1.29, 1.82) is 0 Å². The molecule has 1 aliphatic heterocycles. The molecule has 7 heteroatoms. The molecule has 1 unspecified atom stereocenters. The number of para-hydroxylation sites is 1. The van der Waals surface area contributed by atoms with Crippen LogP contribution in [0.1, 0.15) is 33.1 Å². The smallest absolute Gasteiger partial charge is 0.194 e. The van der Waals surface area contributed by atoms with Gasteiger partial charge in [0.25, 0.3) is 0 Å². The average molecular weight is 505 g/mol. The number of nitrogens with zero attached hydrogens (tertiary/aromatic N) is 2. The number of ether oxygens (including phenoxy) is 3. The van der Waals surface area contributed by atoms with Crippen LogP contribution in [-0.4, -0.2) is 69.6 Å². The average Bonchev–Trinajstić information content (AvgIpc) is 2.70. The molecule has 1 aliphatic rings. The summed E-state index contributed by atoms with van der Waals surface area (Å²) in [4.78, 5) is 7.12. The van der Waals surface area contributed by atoms with E-state index in [0.29, 0.717) is 12.6 Å². The summed E-state index contributed by atoms with van der Waals surface area (Å²) in [6, 6.07) is 9.91. The molecule has 6 nitrogen and oxygen atoms in total. The van der Waals surface area contributed by atoms with Crippen LogP contribution in [0.5, 0.6) is 5.75 Å². The molecule has 2 rings (SSSR count). The topological polar surface area (TPSA) is 55.3 Å². The molecular weight excluding hydrogens is 469 g/mol. The fourth-order valence-electron chi connectivity index (χ4n) is 3.10. The van der Waals surface area contributed by atoms with E-state index in [9.17, 15) is 0 Å². The standard InChI is InChI=1S/C21H35N3O3.HI/c1-4-22-21(23-17-18(2)27-20-9-6-5-7-10-20)24-13-11-19(12-14-24)26-16-8-15-25-3;/h5-7,9-10,18-19H,4,8,11-17H2,1-3H3,(H,22,23);1H. The van der Waals surface area contributed by atoms with Crippen LogP contribution < -0.4 is 10.1 Å². The van der Waals surface area contributed by atoms with Crippen molar-refractivity contribution < 1.29 is 14.2 Å². The van der Waals surface area contributed by atoms with E-state index in [0.717, 1.165) is 63.8 Å². The van der Waals surface area contributed by atoms with E-state index in [2.05, 4.69) is 24.1 Å². The van der Waals surface area contributed by atoms with Crippen molar-refractivity contribution in [2.24, 2.45) is 4.99 Å². The van der Waals surface area contributed by atoms with Gasteiger partial charge in [0.05, 0.1) is 12.6 Å². The van der Waals surface area contributed by atoms with Gasteiger partial charge in [-0.15, -0.1) is 24.0 Å². The lowest BCUT2D eigenvalue weighted by molar-refractivity contribution is 0.00988. The summed E-state index contributed by atoms with van der Waals surface area (Å²) in [6.45, 7) is 9.12. The Morgan fingerprint density at radius 3 is 2.57 bits per heavy atom. The third kappa shape index (κ3) is 9.43. The molecule has 1 aromatic rings. The normalized spacial score (nSPS) is 16.4. The molecule has 1 aromatic carbocycles. The number of hydrogen-bond donors (Lipinski definition) is 1. The highest BCUT2D eigenvalue weighted by Gasteiger charge is 2.22. The first-order chi connectivity index (χ1) is 13.2. The number of aliphatic imine (C=N–C) groups is 1. The van der Waals surface area contributed by atoms with Gasteiger partial charge in [0, 0.05) is 40.0 Å². The Balaban J connectivity index is 0.00000392. The summed E-state index contributed by atoms with van der Waals surface area (Å²) in [5.74, 6) is 1.86. The van der Waals surface area contributed by atoms with Crippen LogP contribution in [0, 0.1) is 0 Å². The monoisotopic (exact) mass is 505 g/mol. The highest BCUT2D eigenvalue weighted by Crippen LogP contribution is 2.15. The van der Waals surface area contributed by atoms with Crippen molar-refractivity contribution in [3.05, 3.63) is 30.3 Å². The van der Waals surface area contributed by atoms with Gasteiger partial charge in [-0.1, -0.05) is 18.2 Å². The number of benzene rings is 1. The molecule has 0 aliphatic carbocycles. The first-order valence-electron chi connectivity index (χ1n) is 10.1. The first kappa shape index (κ1) is 25.0. The Morgan fingerprint density at radius 2 is 1.93 bits per heavy atom. The van der Waals surface area contributed by atoms with Gasteiger partial charge in [0.1, 0.15) is 11.9 Å². The van der Waals surface area contributed by atoms with E-state index in [1.54, 1.807) is 7.11 Å². The van der Waals surface area contributed by atoms with Gasteiger partial charge in [-0.25, -0.2) is 4.99 Å². The van der Waals surface area contributed by atoms with Crippen molar-refractivity contribution in [1.82, 2.24) is 10.2 Å². The van der Waals surface area contributed by atoms with Gasteiger partial charge in [0.2, 0.25) is 0 Å². The van der Waals surface area contributed by atoms with Gasteiger partial charge in [-0.05, 0) is 45.2 Å². The quantitative estimate of drug-likeness (QED) is 0.228. The zero-order valence-electron chi connectivity index (χ0n) is 17.4. The molecule has 1 heterocycles. The van der Waals surface area contributed by atoms with Gasteiger partial charge in [0.15, 0.2) is 5.96 Å². The summed E-state index contributed by atoms with van der Waals surface area (Å²) >= 11 is 0. The Kier molecular flexibility index (Phi) is 13.3. The summed E-state index contributed by atoms with van der Waals surface area (Å²) in [5.41, 5.74) is 0. The number of hydrogen-bond acceptors (Lipinski definition) is 4. The largest absolute Gasteiger partial charge is 0.489 e. The zero-order chi connectivity index (χ0) is 19.3. The molecule has 0 bridgehead atoms. The maximum absolute atomic E-state index is 5.95. The van der Waals surface area contributed by atoms with E-state index in [4.69, 9.17) is 19.2 Å². The first-order valence-corrected chi connectivity index (χ1v) is 10.1. The lowest BCUT2D eigenvalue weighted by Crippen LogP contribution is -2.47. The second-order valence-electron chi connectivity index (χ2n) is 6.84. The lowest BCUT2D eigenvalue weighted by Gasteiger charge is -2.34. The van der Waals surface area contributed by atoms with Crippen LogP contribution in [0.15, 0.2) is 35.3 Å².